The van der Waals surface area contributed by atoms with E-state index in [2.05, 4.69) is 25.9 Å². The third-order valence-electron chi connectivity index (χ3n) is 6.69. The van der Waals surface area contributed by atoms with Crippen molar-refractivity contribution in [2.75, 3.05) is 6.54 Å². The molecule has 2 unspecified atom stereocenters. The van der Waals surface area contributed by atoms with Gasteiger partial charge in [0.1, 0.15) is 35.5 Å². The highest BCUT2D eigenvalue weighted by Crippen LogP contribution is 2.40. The van der Waals surface area contributed by atoms with E-state index < -0.39 is 17.8 Å². The van der Waals surface area contributed by atoms with E-state index in [1.165, 1.54) is 6.07 Å². The standard InChI is InChI=1S/C24H26FN5O4/c25-19-10-18(33-13-14-4-2-1-3-5-14)11-21(22(19)23-27-29-30-28-23)34-17-7-6-15-12-26-20(24(31)32)9-16(15)8-17/h1-5,10-11,15-17,20,26H,6-9,12-13H2,(H,31,32)(H,27,28,29,30)/t15?,16?,17-,20-/m0/s1. The summed E-state index contributed by atoms with van der Waals surface area (Å²) in [4.78, 5) is 11.4. The van der Waals surface area contributed by atoms with Crippen molar-refractivity contribution in [1.29, 1.82) is 0 Å². The second kappa shape index (κ2) is 9.76. The Balaban J connectivity index is 1.36. The summed E-state index contributed by atoms with van der Waals surface area (Å²) in [5, 5.41) is 26.3. The van der Waals surface area contributed by atoms with Crippen LogP contribution in [0.2, 0.25) is 0 Å². The summed E-state index contributed by atoms with van der Waals surface area (Å²) in [5.74, 6) is -0.0125. The molecule has 0 amide bonds. The van der Waals surface area contributed by atoms with Crippen molar-refractivity contribution in [3.63, 3.8) is 0 Å². The number of tetrazole rings is 1. The first-order chi connectivity index (χ1) is 16.6. The number of halogens is 1. The Kier molecular flexibility index (Phi) is 6.39. The van der Waals surface area contributed by atoms with Crippen molar-refractivity contribution >= 4 is 5.97 Å². The topological polar surface area (TPSA) is 122 Å². The van der Waals surface area contributed by atoms with E-state index in [9.17, 15) is 9.90 Å². The predicted molar refractivity (Wildman–Crippen MR) is 120 cm³/mol. The molecule has 0 spiro atoms. The van der Waals surface area contributed by atoms with E-state index in [0.717, 1.165) is 18.4 Å². The van der Waals surface area contributed by atoms with Crippen molar-refractivity contribution < 1.29 is 23.8 Å². The average molecular weight is 468 g/mol. The molecule has 2 fully saturated rings. The molecule has 1 aliphatic heterocycles. The van der Waals surface area contributed by atoms with Gasteiger partial charge in [-0.3, -0.25) is 4.79 Å². The number of benzene rings is 2. The fourth-order valence-electron chi connectivity index (χ4n) is 4.96. The minimum atomic E-state index is -0.828. The quantitative estimate of drug-likeness (QED) is 0.484. The predicted octanol–water partition coefficient (Wildman–Crippen LogP) is 3.20. The molecule has 1 saturated carbocycles. The highest BCUT2D eigenvalue weighted by molar-refractivity contribution is 5.73. The monoisotopic (exact) mass is 467 g/mol. The number of ether oxygens (including phenoxy) is 2. The summed E-state index contributed by atoms with van der Waals surface area (Å²) < 4.78 is 27.4. The van der Waals surface area contributed by atoms with E-state index in [4.69, 9.17) is 9.47 Å². The number of fused-ring (bicyclic) bond motifs is 1. The summed E-state index contributed by atoms with van der Waals surface area (Å²) in [6.07, 6.45) is 2.80. The maximum atomic E-state index is 15.2. The molecule has 2 heterocycles. The zero-order valence-electron chi connectivity index (χ0n) is 18.5. The Labute approximate surface area is 195 Å². The number of carbonyl (C=O) groups is 1. The number of hydrogen-bond acceptors (Lipinski definition) is 7. The molecule has 34 heavy (non-hydrogen) atoms. The van der Waals surface area contributed by atoms with Gasteiger partial charge in [0.2, 0.25) is 5.82 Å². The maximum Gasteiger partial charge on any atom is 0.320 e. The highest BCUT2D eigenvalue weighted by Gasteiger charge is 2.38. The number of hydrogen-bond donors (Lipinski definition) is 3. The first kappa shape index (κ1) is 22.3. The van der Waals surface area contributed by atoms with E-state index in [1.54, 1.807) is 6.07 Å². The van der Waals surface area contributed by atoms with Gasteiger partial charge in [0.25, 0.3) is 0 Å². The van der Waals surface area contributed by atoms with Gasteiger partial charge >= 0.3 is 5.97 Å². The van der Waals surface area contributed by atoms with Crippen molar-refractivity contribution in [2.45, 2.75) is 44.4 Å². The minimum absolute atomic E-state index is 0.101. The minimum Gasteiger partial charge on any atom is -0.489 e. The van der Waals surface area contributed by atoms with Crippen LogP contribution in [-0.2, 0) is 11.4 Å². The number of aromatic amines is 1. The van der Waals surface area contributed by atoms with Gasteiger partial charge in [0.15, 0.2) is 0 Å². The van der Waals surface area contributed by atoms with Crippen LogP contribution in [0.3, 0.4) is 0 Å². The Morgan fingerprint density at radius 1 is 1.15 bits per heavy atom. The largest absolute Gasteiger partial charge is 0.489 e. The lowest BCUT2D eigenvalue weighted by Gasteiger charge is -2.41. The molecule has 9 nitrogen and oxygen atoms in total. The van der Waals surface area contributed by atoms with Crippen LogP contribution in [-0.4, -0.2) is 50.4 Å². The molecule has 0 bridgehead atoms. The van der Waals surface area contributed by atoms with Crippen LogP contribution in [0.5, 0.6) is 11.5 Å². The lowest BCUT2D eigenvalue weighted by Crippen LogP contribution is -2.50. The molecule has 1 aromatic heterocycles. The van der Waals surface area contributed by atoms with Crippen LogP contribution in [0, 0.1) is 17.7 Å². The van der Waals surface area contributed by atoms with Gasteiger partial charge in [-0.15, -0.1) is 10.2 Å². The number of nitrogens with zero attached hydrogens (tertiary/aromatic N) is 3. The number of carboxylic acids is 1. The fourth-order valence-corrected chi connectivity index (χ4v) is 4.96. The summed E-state index contributed by atoms with van der Waals surface area (Å²) in [6.45, 7) is 0.984. The normalized spacial score (nSPS) is 24.3. The van der Waals surface area contributed by atoms with Gasteiger partial charge in [0.05, 0.1) is 6.10 Å². The number of H-pyrrole nitrogens is 1. The Hall–Kier alpha value is -3.53. The molecule has 0 radical (unpaired) electrons. The second-order valence-electron chi connectivity index (χ2n) is 8.90. The smallest absolute Gasteiger partial charge is 0.320 e. The van der Waals surface area contributed by atoms with Crippen molar-refractivity contribution in [3.05, 3.63) is 53.8 Å². The summed E-state index contributed by atoms with van der Waals surface area (Å²) in [7, 11) is 0. The molecule has 10 heteroatoms. The lowest BCUT2D eigenvalue weighted by atomic mass is 9.72. The van der Waals surface area contributed by atoms with Crippen LogP contribution in [0.25, 0.3) is 11.4 Å². The van der Waals surface area contributed by atoms with Crippen molar-refractivity contribution in [1.82, 2.24) is 25.9 Å². The molecule has 2 aromatic carbocycles. The first-order valence-electron chi connectivity index (χ1n) is 11.4. The van der Waals surface area contributed by atoms with Crippen LogP contribution < -0.4 is 14.8 Å². The van der Waals surface area contributed by atoms with Gasteiger partial charge in [-0.05, 0) is 54.8 Å². The summed E-state index contributed by atoms with van der Waals surface area (Å²) in [5.41, 5.74) is 1.08. The van der Waals surface area contributed by atoms with Crippen molar-refractivity contribution in [2.24, 2.45) is 11.8 Å². The molecule has 2 aliphatic rings. The van der Waals surface area contributed by atoms with Crippen LogP contribution >= 0.6 is 0 Å². The Morgan fingerprint density at radius 2 is 2.00 bits per heavy atom. The van der Waals surface area contributed by atoms with E-state index in [-0.39, 0.29) is 35.8 Å². The van der Waals surface area contributed by atoms with Gasteiger partial charge in [0, 0.05) is 12.1 Å². The molecule has 3 aromatic rings. The third kappa shape index (κ3) is 4.86. The zero-order valence-corrected chi connectivity index (χ0v) is 18.5. The molecular formula is C24H26FN5O4. The number of aliphatic carboxylic acids is 1. The number of carboxylic acid groups (broad SMARTS) is 1. The highest BCUT2D eigenvalue weighted by atomic mass is 19.1. The molecule has 1 saturated heterocycles. The van der Waals surface area contributed by atoms with Gasteiger partial charge < -0.3 is 19.9 Å². The second-order valence-corrected chi connectivity index (χ2v) is 8.90. The number of nitrogens with one attached hydrogen (secondary N) is 2. The number of aromatic nitrogens is 4. The molecule has 4 atom stereocenters. The average Bonchev–Trinajstić information content (AvgIpc) is 3.37. The van der Waals surface area contributed by atoms with Crippen molar-refractivity contribution in [3.8, 4) is 22.9 Å². The molecule has 178 valence electrons. The molecular weight excluding hydrogens is 441 g/mol. The van der Waals surface area contributed by atoms with Gasteiger partial charge in [-0.1, -0.05) is 30.3 Å². The first-order valence-corrected chi connectivity index (χ1v) is 11.4. The molecule has 5 rings (SSSR count). The number of rotatable bonds is 7. The molecule has 3 N–H and O–H groups in total. The van der Waals surface area contributed by atoms with E-state index >= 15 is 4.39 Å². The summed E-state index contributed by atoms with van der Waals surface area (Å²) in [6, 6.07) is 12.0. The van der Waals surface area contributed by atoms with E-state index in [1.807, 2.05) is 30.3 Å². The number of piperidine rings is 1. The summed E-state index contributed by atoms with van der Waals surface area (Å²) >= 11 is 0. The lowest BCUT2D eigenvalue weighted by molar-refractivity contribution is -0.141. The molecule has 1 aliphatic carbocycles. The zero-order chi connectivity index (χ0) is 23.5. The van der Waals surface area contributed by atoms with Gasteiger partial charge in [-0.2, -0.15) is 5.21 Å². The van der Waals surface area contributed by atoms with Crippen LogP contribution in [0.4, 0.5) is 4.39 Å². The van der Waals surface area contributed by atoms with Crippen LogP contribution in [0.15, 0.2) is 42.5 Å². The van der Waals surface area contributed by atoms with Crippen LogP contribution in [0.1, 0.15) is 31.2 Å². The van der Waals surface area contributed by atoms with Gasteiger partial charge in [-0.25, -0.2) is 4.39 Å². The Bertz CT molecular complexity index is 1130. The van der Waals surface area contributed by atoms with E-state index in [0.29, 0.717) is 31.1 Å². The Morgan fingerprint density at radius 3 is 2.76 bits per heavy atom. The third-order valence-corrected chi connectivity index (χ3v) is 6.69. The SMILES string of the molecule is O=C(O)[C@@H]1CC2C[C@@H](Oc3cc(OCc4ccccc4)cc(F)c3-c3nn[nH]n3)CCC2CN1. The fraction of sp³-hybridized carbons (Fsp3) is 0.417. The maximum absolute atomic E-state index is 15.2.